The van der Waals surface area contributed by atoms with Crippen molar-refractivity contribution >= 4 is 40.9 Å². The van der Waals surface area contributed by atoms with Crippen LogP contribution in [0, 0.1) is 0 Å². The molecule has 0 saturated heterocycles. The van der Waals surface area contributed by atoms with Crippen LogP contribution in [0.3, 0.4) is 0 Å². The van der Waals surface area contributed by atoms with Crippen LogP contribution >= 0.6 is 35.0 Å². The van der Waals surface area contributed by atoms with E-state index >= 15 is 0 Å². The average molecular weight is 294 g/mol. The van der Waals surface area contributed by atoms with Crippen molar-refractivity contribution in [1.82, 2.24) is 0 Å². The minimum absolute atomic E-state index is 0.433. The van der Waals surface area contributed by atoms with Gasteiger partial charge in [0.15, 0.2) is 0 Å². The maximum Gasteiger partial charge on any atom is 0.320 e. The number of carbonyl (C=O) groups is 1. The zero-order valence-electron chi connectivity index (χ0n) is 9.03. The molecule has 0 aliphatic rings. The van der Waals surface area contributed by atoms with Crippen LogP contribution < -0.4 is 5.73 Å². The monoisotopic (exact) mass is 293 g/mol. The van der Waals surface area contributed by atoms with E-state index < -0.39 is 12.0 Å². The minimum atomic E-state index is -0.971. The smallest absolute Gasteiger partial charge is 0.320 e. The van der Waals surface area contributed by atoms with Crippen molar-refractivity contribution in [2.24, 2.45) is 5.73 Å². The van der Waals surface area contributed by atoms with Gasteiger partial charge in [0.1, 0.15) is 6.04 Å². The molecule has 0 heterocycles. The Balaban J connectivity index is 2.39. The molecule has 0 radical (unpaired) electrons. The number of aliphatic carboxylic acids is 1. The lowest BCUT2D eigenvalue weighted by Gasteiger charge is -2.08. The Morgan fingerprint density at radius 2 is 2.00 bits per heavy atom. The predicted octanol–water partition coefficient (Wildman–Crippen LogP) is 3.03. The van der Waals surface area contributed by atoms with Gasteiger partial charge in [0.05, 0.1) is 0 Å². The molecule has 1 unspecified atom stereocenters. The molecule has 17 heavy (non-hydrogen) atoms. The summed E-state index contributed by atoms with van der Waals surface area (Å²) in [6, 6.07) is 4.56. The summed E-state index contributed by atoms with van der Waals surface area (Å²) in [7, 11) is 0. The van der Waals surface area contributed by atoms with Crippen LogP contribution in [0.1, 0.15) is 12.0 Å². The summed E-state index contributed by atoms with van der Waals surface area (Å²) in [6.45, 7) is 0. The van der Waals surface area contributed by atoms with E-state index in [1.54, 1.807) is 30.0 Å². The van der Waals surface area contributed by atoms with Crippen molar-refractivity contribution < 1.29 is 9.90 Å². The number of hydrogen-bond donors (Lipinski definition) is 2. The van der Waals surface area contributed by atoms with Gasteiger partial charge in [0, 0.05) is 15.8 Å². The summed E-state index contributed by atoms with van der Waals surface area (Å²) in [5, 5.41) is 9.87. The lowest BCUT2D eigenvalue weighted by molar-refractivity contribution is -0.138. The van der Waals surface area contributed by atoms with Gasteiger partial charge in [-0.15, -0.1) is 0 Å². The molecule has 6 heteroatoms. The normalized spacial score (nSPS) is 12.4. The lowest BCUT2D eigenvalue weighted by Crippen LogP contribution is -2.30. The first kappa shape index (κ1) is 14.6. The van der Waals surface area contributed by atoms with Gasteiger partial charge in [0.2, 0.25) is 0 Å². The lowest BCUT2D eigenvalue weighted by atomic mass is 10.2. The third kappa shape index (κ3) is 4.76. The van der Waals surface area contributed by atoms with Crippen molar-refractivity contribution in [1.29, 1.82) is 0 Å². The zero-order chi connectivity index (χ0) is 12.8. The molecule has 1 aromatic carbocycles. The van der Waals surface area contributed by atoms with Gasteiger partial charge >= 0.3 is 5.97 Å². The largest absolute Gasteiger partial charge is 0.480 e. The number of nitrogens with two attached hydrogens (primary N) is 1. The molecular weight excluding hydrogens is 281 g/mol. The highest BCUT2D eigenvalue weighted by molar-refractivity contribution is 7.98. The molecule has 1 rings (SSSR count). The van der Waals surface area contributed by atoms with Gasteiger partial charge in [0.25, 0.3) is 0 Å². The van der Waals surface area contributed by atoms with Crippen molar-refractivity contribution in [2.45, 2.75) is 18.2 Å². The van der Waals surface area contributed by atoms with Crippen molar-refractivity contribution in [3.05, 3.63) is 33.8 Å². The number of carboxylic acid groups (broad SMARTS) is 1. The van der Waals surface area contributed by atoms with Crippen LogP contribution in [0.5, 0.6) is 0 Å². The minimum Gasteiger partial charge on any atom is -0.480 e. The SMILES string of the molecule is NC(CCSCc1c(Cl)cccc1Cl)C(=O)O. The molecule has 0 aliphatic carbocycles. The molecule has 0 saturated carbocycles. The Morgan fingerprint density at radius 3 is 2.53 bits per heavy atom. The van der Waals surface area contributed by atoms with E-state index in [-0.39, 0.29) is 0 Å². The summed E-state index contributed by atoms with van der Waals surface area (Å²) in [6.07, 6.45) is 0.433. The first-order valence-electron chi connectivity index (χ1n) is 5.01. The number of benzene rings is 1. The molecule has 1 atom stereocenters. The number of hydrogen-bond acceptors (Lipinski definition) is 3. The van der Waals surface area contributed by atoms with E-state index in [1.807, 2.05) is 0 Å². The highest BCUT2D eigenvalue weighted by Crippen LogP contribution is 2.28. The zero-order valence-corrected chi connectivity index (χ0v) is 11.4. The quantitative estimate of drug-likeness (QED) is 0.792. The van der Waals surface area contributed by atoms with Crippen LogP contribution in [-0.2, 0) is 10.5 Å². The average Bonchev–Trinajstić information content (AvgIpc) is 2.27. The van der Waals surface area contributed by atoms with Gasteiger partial charge in [-0.05, 0) is 29.9 Å². The Labute approximate surface area is 114 Å². The predicted molar refractivity (Wildman–Crippen MR) is 72.9 cm³/mol. The third-order valence-electron chi connectivity index (χ3n) is 2.20. The number of carboxylic acids is 1. The molecule has 0 amide bonds. The fourth-order valence-electron chi connectivity index (χ4n) is 1.18. The van der Waals surface area contributed by atoms with Gasteiger partial charge in [-0.1, -0.05) is 29.3 Å². The Kier molecular flexibility index (Phi) is 6.12. The molecule has 3 nitrogen and oxygen atoms in total. The van der Waals surface area contributed by atoms with Crippen LogP contribution in [0.25, 0.3) is 0 Å². The summed E-state index contributed by atoms with van der Waals surface area (Å²) >= 11 is 13.6. The molecule has 0 bridgehead atoms. The standard InChI is InChI=1S/C11H13Cl2NO2S/c12-8-2-1-3-9(13)7(8)6-17-5-4-10(14)11(15)16/h1-3,10H,4-6,14H2,(H,15,16). The highest BCUT2D eigenvalue weighted by Gasteiger charge is 2.11. The number of halogens is 2. The molecule has 0 spiro atoms. The van der Waals surface area contributed by atoms with Crippen LogP contribution in [-0.4, -0.2) is 22.9 Å². The van der Waals surface area contributed by atoms with Crippen LogP contribution in [0.4, 0.5) is 0 Å². The second kappa shape index (κ2) is 7.11. The van der Waals surface area contributed by atoms with Crippen molar-refractivity contribution in [2.75, 3.05) is 5.75 Å². The number of thioether (sulfide) groups is 1. The van der Waals surface area contributed by atoms with Gasteiger partial charge in [-0.2, -0.15) is 11.8 Å². The van der Waals surface area contributed by atoms with Crippen LogP contribution in [0.2, 0.25) is 10.0 Å². The molecule has 0 fully saturated rings. The van der Waals surface area contributed by atoms with E-state index in [0.29, 0.717) is 28.0 Å². The Bertz CT molecular complexity index is 381. The second-order valence-corrected chi connectivity index (χ2v) is 5.41. The van der Waals surface area contributed by atoms with Gasteiger partial charge in [-0.3, -0.25) is 4.79 Å². The first-order valence-corrected chi connectivity index (χ1v) is 6.92. The van der Waals surface area contributed by atoms with E-state index in [4.69, 9.17) is 34.0 Å². The van der Waals surface area contributed by atoms with Crippen molar-refractivity contribution in [3.63, 3.8) is 0 Å². The number of rotatable bonds is 6. The Morgan fingerprint density at radius 1 is 1.41 bits per heavy atom. The van der Waals surface area contributed by atoms with Crippen molar-refractivity contribution in [3.8, 4) is 0 Å². The third-order valence-corrected chi connectivity index (χ3v) is 3.92. The second-order valence-electron chi connectivity index (χ2n) is 3.49. The maximum atomic E-state index is 10.5. The van der Waals surface area contributed by atoms with E-state index in [0.717, 1.165) is 5.56 Å². The van der Waals surface area contributed by atoms with Crippen LogP contribution in [0.15, 0.2) is 18.2 Å². The fraction of sp³-hybridized carbons (Fsp3) is 0.364. The van der Waals surface area contributed by atoms with E-state index in [1.165, 1.54) is 0 Å². The molecule has 3 N–H and O–H groups in total. The maximum absolute atomic E-state index is 10.5. The summed E-state index contributed by atoms with van der Waals surface area (Å²) in [4.78, 5) is 10.5. The molecule has 0 aliphatic heterocycles. The summed E-state index contributed by atoms with van der Waals surface area (Å²) in [5.74, 6) is 0.348. The molecule has 94 valence electrons. The Hall–Kier alpha value is -0.420. The fourth-order valence-corrected chi connectivity index (χ4v) is 2.95. The van der Waals surface area contributed by atoms with Gasteiger partial charge < -0.3 is 10.8 Å². The summed E-state index contributed by atoms with van der Waals surface area (Å²) in [5.41, 5.74) is 6.27. The first-order chi connectivity index (χ1) is 8.02. The van der Waals surface area contributed by atoms with E-state index in [2.05, 4.69) is 0 Å². The molecule has 0 aromatic heterocycles. The molecule has 1 aromatic rings. The van der Waals surface area contributed by atoms with Gasteiger partial charge in [-0.25, -0.2) is 0 Å². The highest BCUT2D eigenvalue weighted by atomic mass is 35.5. The topological polar surface area (TPSA) is 63.3 Å². The summed E-state index contributed by atoms with van der Waals surface area (Å²) < 4.78 is 0. The molecular formula is C11H13Cl2NO2S. The van der Waals surface area contributed by atoms with E-state index in [9.17, 15) is 4.79 Å².